The van der Waals surface area contributed by atoms with Gasteiger partial charge < -0.3 is 9.47 Å². The second kappa shape index (κ2) is 7.29. The van der Waals surface area contributed by atoms with Gasteiger partial charge in [-0.15, -0.1) is 5.10 Å². The smallest absolute Gasteiger partial charge is 0.412 e. The monoisotopic (exact) mass is 350 g/mol. The van der Waals surface area contributed by atoms with Crippen LogP contribution in [0.25, 0.3) is 11.3 Å². The number of nitrogens with one attached hydrogen (secondary N) is 2. The highest BCUT2D eigenvalue weighted by molar-refractivity contribution is 5.94. The first-order valence-electron chi connectivity index (χ1n) is 7.59. The molecule has 1 amide bonds. The standard InChI is InChI=1S/C16H19FN4O4/c1-5-24-14(22)13-12(19-21-20-13)9-6-7-11(10(17)8-9)18-15(23)25-16(2,3)4/h6-8H,5H2,1-4H3,(H,18,23)(H,19,20,21). The zero-order valence-electron chi connectivity index (χ0n) is 14.3. The summed E-state index contributed by atoms with van der Waals surface area (Å²) in [4.78, 5) is 23.5. The summed E-state index contributed by atoms with van der Waals surface area (Å²) >= 11 is 0. The van der Waals surface area contributed by atoms with E-state index >= 15 is 0 Å². The summed E-state index contributed by atoms with van der Waals surface area (Å²) in [7, 11) is 0. The van der Waals surface area contributed by atoms with Crippen molar-refractivity contribution in [1.29, 1.82) is 0 Å². The predicted molar refractivity (Wildman–Crippen MR) is 87.6 cm³/mol. The molecule has 0 aliphatic heterocycles. The Balaban J connectivity index is 2.22. The molecular formula is C16H19FN4O4. The molecule has 0 saturated heterocycles. The maximum absolute atomic E-state index is 14.3. The number of halogens is 1. The van der Waals surface area contributed by atoms with Crippen LogP contribution in [0.15, 0.2) is 18.2 Å². The van der Waals surface area contributed by atoms with Crippen molar-refractivity contribution in [2.75, 3.05) is 11.9 Å². The zero-order chi connectivity index (χ0) is 18.6. The molecule has 0 fully saturated rings. The van der Waals surface area contributed by atoms with Crippen LogP contribution >= 0.6 is 0 Å². The number of aromatic nitrogens is 3. The first-order chi connectivity index (χ1) is 11.7. The number of nitrogens with zero attached hydrogens (tertiary/aromatic N) is 2. The number of amides is 1. The zero-order valence-corrected chi connectivity index (χ0v) is 14.3. The molecule has 134 valence electrons. The van der Waals surface area contributed by atoms with E-state index in [4.69, 9.17) is 9.47 Å². The van der Waals surface area contributed by atoms with E-state index < -0.39 is 23.5 Å². The summed E-state index contributed by atoms with van der Waals surface area (Å²) in [6.45, 7) is 6.95. The van der Waals surface area contributed by atoms with Gasteiger partial charge in [-0.1, -0.05) is 6.07 Å². The largest absolute Gasteiger partial charge is 0.461 e. The Morgan fingerprint density at radius 3 is 2.60 bits per heavy atom. The molecule has 0 spiro atoms. The fourth-order valence-corrected chi connectivity index (χ4v) is 1.95. The van der Waals surface area contributed by atoms with Crippen molar-refractivity contribution >= 4 is 17.7 Å². The summed E-state index contributed by atoms with van der Waals surface area (Å²) in [6.07, 6.45) is -0.771. The SMILES string of the molecule is CCOC(=O)c1n[nH]nc1-c1ccc(NC(=O)OC(C)(C)C)c(F)c1. The quantitative estimate of drug-likeness (QED) is 0.821. The summed E-state index contributed by atoms with van der Waals surface area (Å²) in [5.74, 6) is -1.37. The first-order valence-corrected chi connectivity index (χ1v) is 7.59. The predicted octanol–water partition coefficient (Wildman–Crippen LogP) is 3.13. The topological polar surface area (TPSA) is 106 Å². The fourth-order valence-electron chi connectivity index (χ4n) is 1.95. The number of esters is 1. The highest BCUT2D eigenvalue weighted by Crippen LogP contribution is 2.25. The van der Waals surface area contributed by atoms with Gasteiger partial charge in [-0.25, -0.2) is 14.0 Å². The Kier molecular flexibility index (Phi) is 5.35. The Morgan fingerprint density at radius 2 is 2.00 bits per heavy atom. The number of H-pyrrole nitrogens is 1. The average molecular weight is 350 g/mol. The molecule has 9 heteroatoms. The van der Waals surface area contributed by atoms with Gasteiger partial charge in [0, 0.05) is 5.56 Å². The summed E-state index contributed by atoms with van der Waals surface area (Å²) in [6, 6.07) is 3.97. The lowest BCUT2D eigenvalue weighted by molar-refractivity contribution is 0.0519. The van der Waals surface area contributed by atoms with Crippen LogP contribution in [0.5, 0.6) is 0 Å². The van der Waals surface area contributed by atoms with Crippen molar-refractivity contribution < 1.29 is 23.5 Å². The van der Waals surface area contributed by atoms with E-state index in [9.17, 15) is 14.0 Å². The molecule has 1 heterocycles. The van der Waals surface area contributed by atoms with Crippen LogP contribution in [-0.2, 0) is 9.47 Å². The minimum absolute atomic E-state index is 0.0471. The molecule has 8 nitrogen and oxygen atoms in total. The molecule has 0 saturated carbocycles. The molecule has 0 radical (unpaired) electrons. The Bertz CT molecular complexity index is 783. The third kappa shape index (κ3) is 4.75. The van der Waals surface area contributed by atoms with Crippen LogP contribution in [0, 0.1) is 5.82 Å². The molecule has 0 aliphatic rings. The van der Waals surface area contributed by atoms with Crippen molar-refractivity contribution in [3.05, 3.63) is 29.7 Å². The molecule has 25 heavy (non-hydrogen) atoms. The van der Waals surface area contributed by atoms with Crippen molar-refractivity contribution in [3.8, 4) is 11.3 Å². The molecule has 0 bridgehead atoms. The molecule has 0 aliphatic carbocycles. The van der Waals surface area contributed by atoms with E-state index in [1.807, 2.05) is 0 Å². The van der Waals surface area contributed by atoms with Gasteiger partial charge in [-0.05, 0) is 39.8 Å². The van der Waals surface area contributed by atoms with E-state index in [0.29, 0.717) is 5.56 Å². The Hall–Kier alpha value is -2.97. The summed E-state index contributed by atoms with van der Waals surface area (Å²) in [5.41, 5.74) is -0.339. The summed E-state index contributed by atoms with van der Waals surface area (Å²) < 4.78 is 24.2. The van der Waals surface area contributed by atoms with Gasteiger partial charge in [0.05, 0.1) is 12.3 Å². The second-order valence-electron chi connectivity index (χ2n) is 6.06. The molecule has 0 atom stereocenters. The van der Waals surface area contributed by atoms with E-state index in [1.54, 1.807) is 27.7 Å². The lowest BCUT2D eigenvalue weighted by atomic mass is 10.1. The average Bonchev–Trinajstić information content (AvgIpc) is 2.97. The van der Waals surface area contributed by atoms with Gasteiger partial charge in [-0.2, -0.15) is 10.3 Å². The summed E-state index contributed by atoms with van der Waals surface area (Å²) in [5, 5.41) is 12.2. The number of ether oxygens (including phenoxy) is 2. The van der Waals surface area contributed by atoms with Crippen LogP contribution in [0.2, 0.25) is 0 Å². The fraction of sp³-hybridized carbons (Fsp3) is 0.375. The Morgan fingerprint density at radius 1 is 1.28 bits per heavy atom. The highest BCUT2D eigenvalue weighted by Gasteiger charge is 2.21. The van der Waals surface area contributed by atoms with Crippen LogP contribution in [0.3, 0.4) is 0 Å². The minimum atomic E-state index is -0.771. The van der Waals surface area contributed by atoms with Gasteiger partial charge in [0.25, 0.3) is 0 Å². The van der Waals surface area contributed by atoms with Gasteiger partial charge in [0.1, 0.15) is 17.1 Å². The molecule has 1 aromatic carbocycles. The van der Waals surface area contributed by atoms with Crippen LogP contribution < -0.4 is 5.32 Å². The number of carbonyl (C=O) groups is 2. The lowest BCUT2D eigenvalue weighted by Crippen LogP contribution is -2.27. The van der Waals surface area contributed by atoms with E-state index in [1.165, 1.54) is 12.1 Å². The number of hydrogen-bond donors (Lipinski definition) is 2. The second-order valence-corrected chi connectivity index (χ2v) is 6.06. The van der Waals surface area contributed by atoms with Gasteiger partial charge in [-0.3, -0.25) is 5.32 Å². The maximum atomic E-state index is 14.3. The Labute approximate surface area is 143 Å². The lowest BCUT2D eigenvalue weighted by Gasteiger charge is -2.19. The van der Waals surface area contributed by atoms with E-state index in [0.717, 1.165) is 6.07 Å². The minimum Gasteiger partial charge on any atom is -0.461 e. The molecule has 1 aromatic heterocycles. The van der Waals surface area contributed by atoms with Crippen LogP contribution in [0.1, 0.15) is 38.2 Å². The molecular weight excluding hydrogens is 331 g/mol. The van der Waals surface area contributed by atoms with E-state index in [-0.39, 0.29) is 23.7 Å². The normalized spacial score (nSPS) is 11.1. The van der Waals surface area contributed by atoms with Crippen molar-refractivity contribution in [3.63, 3.8) is 0 Å². The van der Waals surface area contributed by atoms with Crippen LogP contribution in [0.4, 0.5) is 14.9 Å². The number of hydrogen-bond acceptors (Lipinski definition) is 6. The number of benzene rings is 1. The highest BCUT2D eigenvalue weighted by atomic mass is 19.1. The maximum Gasteiger partial charge on any atom is 0.412 e. The molecule has 0 unspecified atom stereocenters. The third-order valence-corrected chi connectivity index (χ3v) is 2.89. The number of aromatic amines is 1. The van der Waals surface area contributed by atoms with Crippen molar-refractivity contribution in [1.82, 2.24) is 15.4 Å². The van der Waals surface area contributed by atoms with Gasteiger partial charge in [0.15, 0.2) is 5.69 Å². The first kappa shape index (κ1) is 18.4. The number of anilines is 1. The molecule has 2 aromatic rings. The number of rotatable bonds is 4. The molecule has 2 N–H and O–H groups in total. The number of carbonyl (C=O) groups excluding carboxylic acids is 2. The van der Waals surface area contributed by atoms with Crippen molar-refractivity contribution in [2.45, 2.75) is 33.3 Å². The van der Waals surface area contributed by atoms with E-state index in [2.05, 4.69) is 20.7 Å². The van der Waals surface area contributed by atoms with Gasteiger partial charge >= 0.3 is 12.1 Å². The van der Waals surface area contributed by atoms with Crippen molar-refractivity contribution in [2.24, 2.45) is 0 Å². The molecule has 2 rings (SSSR count). The van der Waals surface area contributed by atoms with Crippen LogP contribution in [-0.4, -0.2) is 39.7 Å². The third-order valence-electron chi connectivity index (χ3n) is 2.89. The van der Waals surface area contributed by atoms with Gasteiger partial charge in [0.2, 0.25) is 0 Å².